The van der Waals surface area contributed by atoms with E-state index >= 15 is 0 Å². The van der Waals surface area contributed by atoms with Crippen molar-refractivity contribution in [2.75, 3.05) is 11.9 Å². The van der Waals surface area contributed by atoms with E-state index < -0.39 is 5.97 Å². The molecule has 0 unspecified atom stereocenters. The van der Waals surface area contributed by atoms with Crippen LogP contribution in [-0.4, -0.2) is 17.6 Å². The average molecular weight is 205 g/mol. The van der Waals surface area contributed by atoms with Crippen LogP contribution in [0.5, 0.6) is 0 Å². The monoisotopic (exact) mass is 205 g/mol. The average Bonchev–Trinajstić information content (AvgIpc) is 2.25. The van der Waals surface area contributed by atoms with Crippen molar-refractivity contribution in [2.45, 2.75) is 13.3 Å². The van der Waals surface area contributed by atoms with Gasteiger partial charge in [-0.25, -0.2) is 4.79 Å². The summed E-state index contributed by atoms with van der Waals surface area (Å²) >= 11 is 0. The van der Waals surface area contributed by atoms with Crippen LogP contribution in [0.3, 0.4) is 0 Å². The van der Waals surface area contributed by atoms with E-state index in [1.165, 1.54) is 0 Å². The van der Waals surface area contributed by atoms with Crippen molar-refractivity contribution in [1.29, 1.82) is 0 Å². The molecule has 2 N–H and O–H groups in total. The van der Waals surface area contributed by atoms with E-state index in [9.17, 15) is 4.79 Å². The molecule has 80 valence electrons. The van der Waals surface area contributed by atoms with Gasteiger partial charge in [-0.15, -0.1) is 0 Å². The van der Waals surface area contributed by atoms with Gasteiger partial charge in [-0.3, -0.25) is 0 Å². The second-order valence-corrected chi connectivity index (χ2v) is 3.13. The van der Waals surface area contributed by atoms with Crippen molar-refractivity contribution in [3.63, 3.8) is 0 Å². The molecule has 0 radical (unpaired) electrons. The van der Waals surface area contributed by atoms with Crippen molar-refractivity contribution >= 4 is 11.7 Å². The summed E-state index contributed by atoms with van der Waals surface area (Å²) in [6.07, 6.45) is 2.25. The van der Waals surface area contributed by atoms with Crippen LogP contribution in [0.15, 0.2) is 42.0 Å². The number of carboxylic acid groups (broad SMARTS) is 1. The summed E-state index contributed by atoms with van der Waals surface area (Å²) in [5.74, 6) is -0.840. The summed E-state index contributed by atoms with van der Waals surface area (Å²) < 4.78 is 0. The van der Waals surface area contributed by atoms with Crippen LogP contribution >= 0.6 is 0 Å². The maximum Gasteiger partial charge on any atom is 0.331 e. The Morgan fingerprint density at radius 3 is 2.60 bits per heavy atom. The lowest BCUT2D eigenvalue weighted by molar-refractivity contribution is -0.132. The molecule has 0 bridgehead atoms. The van der Waals surface area contributed by atoms with Crippen molar-refractivity contribution in [3.05, 3.63) is 42.0 Å². The molecule has 0 aromatic heterocycles. The number of carbonyl (C=O) groups is 1. The summed E-state index contributed by atoms with van der Waals surface area (Å²) in [7, 11) is 0. The number of carboxylic acids is 1. The molecule has 3 heteroatoms. The molecule has 3 nitrogen and oxygen atoms in total. The molecule has 0 aliphatic heterocycles. The third-order valence-corrected chi connectivity index (χ3v) is 2.08. The Bertz CT molecular complexity index is 344. The Kier molecular flexibility index (Phi) is 4.41. The lowest BCUT2D eigenvalue weighted by Crippen LogP contribution is -2.04. The predicted octanol–water partition coefficient (Wildman–Crippen LogP) is 2.52. The molecular weight excluding hydrogens is 190 g/mol. The Morgan fingerprint density at radius 2 is 2.07 bits per heavy atom. The van der Waals surface area contributed by atoms with Crippen LogP contribution in [0.2, 0.25) is 0 Å². The number of anilines is 1. The number of nitrogens with one attached hydrogen (secondary N) is 1. The number of para-hydroxylation sites is 1. The van der Waals surface area contributed by atoms with Crippen LogP contribution in [0.25, 0.3) is 0 Å². The molecule has 0 aliphatic rings. The van der Waals surface area contributed by atoms with Crippen LogP contribution in [0, 0.1) is 0 Å². The van der Waals surface area contributed by atoms with E-state index in [1.54, 1.807) is 6.08 Å². The minimum atomic E-state index is -0.840. The van der Waals surface area contributed by atoms with Crippen molar-refractivity contribution in [2.24, 2.45) is 0 Å². The zero-order chi connectivity index (χ0) is 11.1. The summed E-state index contributed by atoms with van der Waals surface area (Å²) in [4.78, 5) is 10.7. The zero-order valence-corrected chi connectivity index (χ0v) is 8.73. The van der Waals surface area contributed by atoms with Gasteiger partial charge in [0.25, 0.3) is 0 Å². The van der Waals surface area contributed by atoms with Gasteiger partial charge in [0.15, 0.2) is 0 Å². The quantitative estimate of drug-likeness (QED) is 0.726. The van der Waals surface area contributed by atoms with Crippen LogP contribution in [-0.2, 0) is 4.79 Å². The van der Waals surface area contributed by atoms with Crippen molar-refractivity contribution < 1.29 is 9.90 Å². The summed E-state index contributed by atoms with van der Waals surface area (Å²) in [6.45, 7) is 2.38. The van der Waals surface area contributed by atoms with Crippen LogP contribution in [0.4, 0.5) is 5.69 Å². The zero-order valence-electron chi connectivity index (χ0n) is 8.73. The SMILES string of the molecule is CCC(=CCNc1ccccc1)C(=O)O. The Balaban J connectivity index is 2.48. The fourth-order valence-electron chi connectivity index (χ4n) is 1.23. The van der Waals surface area contributed by atoms with Gasteiger partial charge in [-0.05, 0) is 18.6 Å². The predicted molar refractivity (Wildman–Crippen MR) is 60.9 cm³/mol. The molecule has 0 atom stereocenters. The summed E-state index contributed by atoms with van der Waals surface area (Å²) in [6, 6.07) is 9.70. The van der Waals surface area contributed by atoms with E-state index in [0.717, 1.165) is 5.69 Å². The van der Waals surface area contributed by atoms with Crippen molar-refractivity contribution in [1.82, 2.24) is 0 Å². The second-order valence-electron chi connectivity index (χ2n) is 3.13. The van der Waals surface area contributed by atoms with E-state index in [1.807, 2.05) is 37.3 Å². The normalized spacial score (nSPS) is 11.1. The van der Waals surface area contributed by atoms with Gasteiger partial charge in [-0.2, -0.15) is 0 Å². The highest BCUT2D eigenvalue weighted by Gasteiger charge is 2.02. The van der Waals surface area contributed by atoms with Gasteiger partial charge >= 0.3 is 5.97 Å². The van der Waals surface area contributed by atoms with Crippen LogP contribution < -0.4 is 5.32 Å². The van der Waals surface area contributed by atoms with Gasteiger partial charge < -0.3 is 10.4 Å². The standard InChI is InChI=1S/C12H15NO2/c1-2-10(12(14)15)8-9-13-11-6-4-3-5-7-11/h3-8,13H,2,9H2,1H3,(H,14,15). The smallest absolute Gasteiger partial charge is 0.331 e. The lowest BCUT2D eigenvalue weighted by Gasteiger charge is -2.03. The molecule has 0 heterocycles. The Labute approximate surface area is 89.4 Å². The highest BCUT2D eigenvalue weighted by atomic mass is 16.4. The first-order valence-electron chi connectivity index (χ1n) is 4.95. The molecule has 1 rings (SSSR count). The molecule has 0 fully saturated rings. The van der Waals surface area contributed by atoms with Crippen molar-refractivity contribution in [3.8, 4) is 0 Å². The summed E-state index contributed by atoms with van der Waals surface area (Å²) in [5, 5.41) is 11.9. The van der Waals surface area contributed by atoms with E-state index in [4.69, 9.17) is 5.11 Å². The second kappa shape index (κ2) is 5.86. The first kappa shape index (κ1) is 11.3. The molecule has 0 saturated heterocycles. The fourth-order valence-corrected chi connectivity index (χ4v) is 1.23. The number of rotatable bonds is 5. The number of hydrogen-bond acceptors (Lipinski definition) is 2. The van der Waals surface area contributed by atoms with E-state index in [2.05, 4.69) is 5.32 Å². The number of hydrogen-bond donors (Lipinski definition) is 2. The molecule has 0 spiro atoms. The lowest BCUT2D eigenvalue weighted by atomic mass is 10.2. The molecular formula is C12H15NO2. The van der Waals surface area contributed by atoms with Gasteiger partial charge in [0.2, 0.25) is 0 Å². The highest BCUT2D eigenvalue weighted by Crippen LogP contribution is 2.05. The van der Waals surface area contributed by atoms with Gasteiger partial charge in [-0.1, -0.05) is 31.2 Å². The third kappa shape index (κ3) is 3.85. The van der Waals surface area contributed by atoms with E-state index in [0.29, 0.717) is 18.5 Å². The van der Waals surface area contributed by atoms with Gasteiger partial charge in [0.05, 0.1) is 0 Å². The summed E-state index contributed by atoms with van der Waals surface area (Å²) in [5.41, 5.74) is 1.44. The van der Waals surface area contributed by atoms with Gasteiger partial charge in [0, 0.05) is 17.8 Å². The Morgan fingerprint density at radius 1 is 1.40 bits per heavy atom. The minimum Gasteiger partial charge on any atom is -0.478 e. The first-order chi connectivity index (χ1) is 7.24. The minimum absolute atomic E-state index is 0.443. The number of aliphatic carboxylic acids is 1. The largest absolute Gasteiger partial charge is 0.478 e. The molecule has 0 amide bonds. The molecule has 0 aliphatic carbocycles. The molecule has 0 saturated carbocycles. The maximum absolute atomic E-state index is 10.7. The van der Waals surface area contributed by atoms with Gasteiger partial charge in [0.1, 0.15) is 0 Å². The van der Waals surface area contributed by atoms with E-state index in [-0.39, 0.29) is 0 Å². The first-order valence-corrected chi connectivity index (χ1v) is 4.95. The molecule has 1 aromatic carbocycles. The fraction of sp³-hybridized carbons (Fsp3) is 0.250. The molecule has 1 aromatic rings. The third-order valence-electron chi connectivity index (χ3n) is 2.08. The highest BCUT2D eigenvalue weighted by molar-refractivity contribution is 5.86. The maximum atomic E-state index is 10.7. The Hall–Kier alpha value is -1.77. The number of benzene rings is 1. The topological polar surface area (TPSA) is 49.3 Å². The molecule has 15 heavy (non-hydrogen) atoms. The van der Waals surface area contributed by atoms with Crippen LogP contribution in [0.1, 0.15) is 13.3 Å².